The Hall–Kier alpha value is -2.47. The van der Waals surface area contributed by atoms with Crippen LogP contribution in [0.15, 0.2) is 41.0 Å². The summed E-state index contributed by atoms with van der Waals surface area (Å²) in [6, 6.07) is 7.69. The molecular formula is C17H17ClN2O4. The van der Waals surface area contributed by atoms with Crippen LogP contribution in [-0.2, 0) is 4.79 Å². The number of nitrogens with zero attached hydrogens (tertiary/aromatic N) is 1. The fourth-order valence-corrected chi connectivity index (χ4v) is 2.93. The number of methoxy groups -OCH3 is 1. The molecule has 1 aliphatic heterocycles. The summed E-state index contributed by atoms with van der Waals surface area (Å²) < 4.78 is 10.3. The van der Waals surface area contributed by atoms with Crippen molar-refractivity contribution in [3.05, 3.63) is 47.4 Å². The molecule has 0 bridgehead atoms. The van der Waals surface area contributed by atoms with Crippen LogP contribution in [0, 0.1) is 0 Å². The number of ether oxygens (including phenoxy) is 1. The number of hydrogen-bond acceptors (Lipinski definition) is 4. The van der Waals surface area contributed by atoms with Crippen molar-refractivity contribution in [1.29, 1.82) is 0 Å². The maximum atomic E-state index is 12.6. The van der Waals surface area contributed by atoms with Crippen LogP contribution in [0.3, 0.4) is 0 Å². The first kappa shape index (κ1) is 16.4. The lowest BCUT2D eigenvalue weighted by Crippen LogP contribution is -2.43. The van der Waals surface area contributed by atoms with Gasteiger partial charge in [0, 0.05) is 12.6 Å². The number of carbonyl (C=O) groups excluding carboxylic acids is 2. The average Bonchev–Trinajstić information content (AvgIpc) is 3.27. The highest BCUT2D eigenvalue weighted by molar-refractivity contribution is 6.33. The number of anilines is 1. The van der Waals surface area contributed by atoms with E-state index in [1.54, 1.807) is 30.3 Å². The topological polar surface area (TPSA) is 71.8 Å². The summed E-state index contributed by atoms with van der Waals surface area (Å²) >= 11 is 6.12. The fourth-order valence-electron chi connectivity index (χ4n) is 2.77. The second-order valence-electron chi connectivity index (χ2n) is 5.47. The third-order valence-corrected chi connectivity index (χ3v) is 4.31. The Labute approximate surface area is 144 Å². The smallest absolute Gasteiger partial charge is 0.290 e. The van der Waals surface area contributed by atoms with Gasteiger partial charge in [-0.25, -0.2) is 0 Å². The monoisotopic (exact) mass is 348 g/mol. The highest BCUT2D eigenvalue weighted by Gasteiger charge is 2.35. The summed E-state index contributed by atoms with van der Waals surface area (Å²) in [5.41, 5.74) is 0.457. The van der Waals surface area contributed by atoms with Crippen LogP contribution in [-0.4, -0.2) is 36.4 Å². The number of rotatable bonds is 4. The third kappa shape index (κ3) is 3.23. The Morgan fingerprint density at radius 3 is 2.92 bits per heavy atom. The predicted molar refractivity (Wildman–Crippen MR) is 89.4 cm³/mol. The molecule has 1 fully saturated rings. The molecule has 1 aromatic heterocycles. The summed E-state index contributed by atoms with van der Waals surface area (Å²) in [7, 11) is 1.54. The Kier molecular flexibility index (Phi) is 4.76. The van der Waals surface area contributed by atoms with E-state index in [-0.39, 0.29) is 17.6 Å². The number of amides is 2. The first-order chi connectivity index (χ1) is 11.6. The van der Waals surface area contributed by atoms with E-state index in [1.807, 2.05) is 0 Å². The van der Waals surface area contributed by atoms with E-state index in [9.17, 15) is 9.59 Å². The molecule has 126 valence electrons. The summed E-state index contributed by atoms with van der Waals surface area (Å²) in [4.78, 5) is 26.6. The normalized spacial score (nSPS) is 16.9. The van der Waals surface area contributed by atoms with E-state index in [2.05, 4.69) is 5.32 Å². The van der Waals surface area contributed by atoms with Crippen molar-refractivity contribution in [2.75, 3.05) is 19.0 Å². The number of benzene rings is 1. The quantitative estimate of drug-likeness (QED) is 0.921. The van der Waals surface area contributed by atoms with Crippen molar-refractivity contribution in [2.45, 2.75) is 18.9 Å². The lowest BCUT2D eigenvalue weighted by molar-refractivity contribution is -0.119. The molecule has 24 heavy (non-hydrogen) atoms. The number of furan rings is 1. The van der Waals surface area contributed by atoms with Crippen LogP contribution < -0.4 is 10.1 Å². The SMILES string of the molecule is COc1ccc(Cl)c(NC(=O)[C@@H]2CCCN2C(=O)c2ccco2)c1. The molecule has 1 aliphatic rings. The van der Waals surface area contributed by atoms with Gasteiger partial charge in [0.2, 0.25) is 5.91 Å². The van der Waals surface area contributed by atoms with Crippen molar-refractivity contribution < 1.29 is 18.7 Å². The number of halogens is 1. The van der Waals surface area contributed by atoms with Gasteiger partial charge in [-0.2, -0.15) is 0 Å². The van der Waals surface area contributed by atoms with E-state index in [1.165, 1.54) is 18.3 Å². The molecule has 0 spiro atoms. The van der Waals surface area contributed by atoms with E-state index in [0.717, 1.165) is 6.42 Å². The van der Waals surface area contributed by atoms with Crippen LogP contribution in [0.25, 0.3) is 0 Å². The second kappa shape index (κ2) is 6.97. The molecule has 0 unspecified atom stereocenters. The minimum Gasteiger partial charge on any atom is -0.497 e. The molecule has 3 rings (SSSR count). The molecular weight excluding hydrogens is 332 g/mol. The second-order valence-corrected chi connectivity index (χ2v) is 5.88. The summed E-state index contributed by atoms with van der Waals surface area (Å²) in [6.45, 7) is 0.517. The van der Waals surface area contributed by atoms with Crippen LogP contribution in [0.4, 0.5) is 5.69 Å². The van der Waals surface area contributed by atoms with Gasteiger partial charge in [-0.1, -0.05) is 11.6 Å². The van der Waals surface area contributed by atoms with E-state index in [0.29, 0.717) is 29.4 Å². The van der Waals surface area contributed by atoms with Gasteiger partial charge in [-0.05, 0) is 37.1 Å². The van der Waals surface area contributed by atoms with Crippen molar-refractivity contribution in [3.63, 3.8) is 0 Å². The van der Waals surface area contributed by atoms with E-state index >= 15 is 0 Å². The van der Waals surface area contributed by atoms with Gasteiger partial charge >= 0.3 is 0 Å². The standard InChI is InChI=1S/C17H17ClN2O4/c1-23-11-6-7-12(18)13(10-11)19-16(21)14-4-2-8-20(14)17(22)15-5-3-9-24-15/h3,5-7,9-10,14H,2,4,8H2,1H3,(H,19,21)/t14-/m0/s1. The summed E-state index contributed by atoms with van der Waals surface area (Å²) in [5, 5.41) is 3.19. The molecule has 0 radical (unpaired) electrons. The first-order valence-corrected chi connectivity index (χ1v) is 7.97. The van der Waals surface area contributed by atoms with Gasteiger partial charge in [0.05, 0.1) is 24.1 Å². The Morgan fingerprint density at radius 2 is 2.21 bits per heavy atom. The molecule has 7 heteroatoms. The first-order valence-electron chi connectivity index (χ1n) is 7.59. The van der Waals surface area contributed by atoms with Crippen molar-refractivity contribution in [1.82, 2.24) is 4.90 Å². The molecule has 0 saturated carbocycles. The van der Waals surface area contributed by atoms with Crippen molar-refractivity contribution >= 4 is 29.1 Å². The average molecular weight is 349 g/mol. The highest BCUT2D eigenvalue weighted by atomic mass is 35.5. The number of nitrogens with one attached hydrogen (secondary N) is 1. The minimum atomic E-state index is -0.551. The van der Waals surface area contributed by atoms with E-state index < -0.39 is 6.04 Å². The lowest BCUT2D eigenvalue weighted by atomic mass is 10.2. The largest absolute Gasteiger partial charge is 0.497 e. The molecule has 2 heterocycles. The Bertz CT molecular complexity index is 745. The number of likely N-dealkylation sites (tertiary alicyclic amines) is 1. The molecule has 6 nitrogen and oxygen atoms in total. The molecule has 1 atom stereocenters. The van der Waals surface area contributed by atoms with Crippen LogP contribution >= 0.6 is 11.6 Å². The fraction of sp³-hybridized carbons (Fsp3) is 0.294. The zero-order valence-corrected chi connectivity index (χ0v) is 13.9. The van der Waals surface area contributed by atoms with Gasteiger partial charge in [0.1, 0.15) is 11.8 Å². The van der Waals surface area contributed by atoms with E-state index in [4.69, 9.17) is 20.8 Å². The third-order valence-electron chi connectivity index (χ3n) is 3.98. The molecule has 0 aliphatic carbocycles. The van der Waals surface area contributed by atoms with Crippen molar-refractivity contribution in [2.24, 2.45) is 0 Å². The molecule has 2 amide bonds. The summed E-state index contributed by atoms with van der Waals surface area (Å²) in [5.74, 6) is 0.260. The molecule has 2 aromatic rings. The summed E-state index contributed by atoms with van der Waals surface area (Å²) in [6.07, 6.45) is 2.80. The van der Waals surface area contributed by atoms with Gasteiger partial charge in [-0.3, -0.25) is 9.59 Å². The number of carbonyl (C=O) groups is 2. The van der Waals surface area contributed by atoms with Crippen LogP contribution in [0.2, 0.25) is 5.02 Å². The van der Waals surface area contributed by atoms with Gasteiger partial charge < -0.3 is 19.4 Å². The van der Waals surface area contributed by atoms with Gasteiger partial charge in [0.15, 0.2) is 5.76 Å². The Balaban J connectivity index is 1.75. The van der Waals surface area contributed by atoms with Gasteiger partial charge in [-0.15, -0.1) is 0 Å². The maximum absolute atomic E-state index is 12.6. The molecule has 1 saturated heterocycles. The zero-order chi connectivity index (χ0) is 17.1. The van der Waals surface area contributed by atoms with Crippen LogP contribution in [0.5, 0.6) is 5.75 Å². The Morgan fingerprint density at radius 1 is 1.38 bits per heavy atom. The highest BCUT2D eigenvalue weighted by Crippen LogP contribution is 2.28. The van der Waals surface area contributed by atoms with Crippen molar-refractivity contribution in [3.8, 4) is 5.75 Å². The lowest BCUT2D eigenvalue weighted by Gasteiger charge is -2.23. The number of hydrogen-bond donors (Lipinski definition) is 1. The maximum Gasteiger partial charge on any atom is 0.290 e. The molecule has 1 aromatic carbocycles. The van der Waals surface area contributed by atoms with Gasteiger partial charge in [0.25, 0.3) is 5.91 Å². The predicted octanol–water partition coefficient (Wildman–Crippen LogP) is 3.18. The minimum absolute atomic E-state index is 0.231. The zero-order valence-electron chi connectivity index (χ0n) is 13.1. The van der Waals surface area contributed by atoms with Crippen LogP contribution in [0.1, 0.15) is 23.4 Å². The molecule has 1 N–H and O–H groups in total.